The second-order valence-electron chi connectivity index (χ2n) is 6.09. The molecule has 0 aliphatic carbocycles. The SMILES string of the molecule is O=C1C=CC(N2CCC3(OCCO3)C2=O)=NC1Cc1ccccc1. The van der Waals surface area contributed by atoms with Crippen LogP contribution in [-0.4, -0.2) is 54.0 Å². The molecule has 1 aromatic rings. The fourth-order valence-electron chi connectivity index (χ4n) is 3.29. The first-order valence-electron chi connectivity index (χ1n) is 8.11. The van der Waals surface area contributed by atoms with E-state index in [1.54, 1.807) is 11.0 Å². The molecule has 2 fully saturated rings. The number of carbonyl (C=O) groups is 2. The molecule has 0 radical (unpaired) electrons. The molecule has 3 aliphatic rings. The Balaban J connectivity index is 1.55. The number of dihydropyridines is 1. The third kappa shape index (κ3) is 2.57. The molecular formula is C18H18N2O4. The molecule has 3 aliphatic heterocycles. The molecule has 1 amide bonds. The van der Waals surface area contributed by atoms with Gasteiger partial charge in [0, 0.05) is 19.4 Å². The maximum Gasteiger partial charge on any atom is 0.288 e. The van der Waals surface area contributed by atoms with E-state index < -0.39 is 11.8 Å². The molecule has 0 aromatic heterocycles. The summed E-state index contributed by atoms with van der Waals surface area (Å²) in [5.41, 5.74) is 1.04. The molecule has 0 N–H and O–H groups in total. The predicted octanol–water partition coefficient (Wildman–Crippen LogP) is 1.11. The van der Waals surface area contributed by atoms with Crippen molar-refractivity contribution in [3.63, 3.8) is 0 Å². The van der Waals surface area contributed by atoms with Gasteiger partial charge in [-0.25, -0.2) is 0 Å². The maximum atomic E-state index is 12.7. The highest BCUT2D eigenvalue weighted by atomic mass is 16.7. The van der Waals surface area contributed by atoms with E-state index in [0.29, 0.717) is 38.4 Å². The second-order valence-corrected chi connectivity index (χ2v) is 6.09. The van der Waals surface area contributed by atoms with Gasteiger partial charge in [-0.05, 0) is 17.7 Å². The summed E-state index contributed by atoms with van der Waals surface area (Å²) in [6.07, 6.45) is 4.12. The number of amides is 1. The fourth-order valence-corrected chi connectivity index (χ4v) is 3.29. The summed E-state index contributed by atoms with van der Waals surface area (Å²) in [7, 11) is 0. The van der Waals surface area contributed by atoms with Gasteiger partial charge in [0.1, 0.15) is 11.9 Å². The number of ether oxygens (including phenoxy) is 2. The zero-order valence-electron chi connectivity index (χ0n) is 13.2. The molecule has 2 saturated heterocycles. The second kappa shape index (κ2) is 5.96. The van der Waals surface area contributed by atoms with Gasteiger partial charge in [-0.2, -0.15) is 0 Å². The van der Waals surface area contributed by atoms with Crippen molar-refractivity contribution in [2.24, 2.45) is 4.99 Å². The van der Waals surface area contributed by atoms with Crippen molar-refractivity contribution in [2.75, 3.05) is 19.8 Å². The Morgan fingerprint density at radius 3 is 2.62 bits per heavy atom. The first kappa shape index (κ1) is 15.2. The average molecular weight is 326 g/mol. The van der Waals surface area contributed by atoms with E-state index in [9.17, 15) is 9.59 Å². The summed E-state index contributed by atoms with van der Waals surface area (Å²) in [5.74, 6) is -0.905. The van der Waals surface area contributed by atoms with Crippen LogP contribution in [0, 0.1) is 0 Å². The van der Waals surface area contributed by atoms with Crippen molar-refractivity contribution in [3.05, 3.63) is 48.0 Å². The van der Waals surface area contributed by atoms with Gasteiger partial charge in [-0.3, -0.25) is 19.5 Å². The zero-order valence-corrected chi connectivity index (χ0v) is 13.2. The standard InChI is InChI=1S/C18H18N2O4/c21-15-6-7-16(19-14(15)12-13-4-2-1-3-5-13)20-9-8-18(17(20)22)23-10-11-24-18/h1-7,14H,8-12H2. The van der Waals surface area contributed by atoms with Crippen LogP contribution < -0.4 is 0 Å². The summed E-state index contributed by atoms with van der Waals surface area (Å²) >= 11 is 0. The van der Waals surface area contributed by atoms with Gasteiger partial charge in [0.05, 0.1) is 13.2 Å². The molecule has 0 bridgehead atoms. The lowest BCUT2D eigenvalue weighted by Crippen LogP contribution is -2.44. The Hall–Kier alpha value is -2.31. The fraction of sp³-hybridized carbons (Fsp3) is 0.389. The molecule has 4 rings (SSSR count). The van der Waals surface area contributed by atoms with E-state index in [-0.39, 0.29) is 11.7 Å². The Kier molecular flexibility index (Phi) is 3.78. The summed E-state index contributed by atoms with van der Waals surface area (Å²) in [6.45, 7) is 1.34. The first-order chi connectivity index (χ1) is 11.7. The normalized spacial score (nSPS) is 25.6. The highest BCUT2D eigenvalue weighted by Crippen LogP contribution is 2.32. The summed E-state index contributed by atoms with van der Waals surface area (Å²) in [6, 6.07) is 9.25. The van der Waals surface area contributed by atoms with E-state index in [2.05, 4.69) is 4.99 Å². The molecule has 1 aromatic carbocycles. The highest BCUT2D eigenvalue weighted by molar-refractivity contribution is 6.13. The number of nitrogens with zero attached hydrogens (tertiary/aromatic N) is 2. The van der Waals surface area contributed by atoms with Gasteiger partial charge in [-0.15, -0.1) is 0 Å². The Labute approximate surface area is 139 Å². The summed E-state index contributed by atoms with van der Waals surface area (Å²) in [4.78, 5) is 30.9. The smallest absolute Gasteiger partial charge is 0.288 e. The van der Waals surface area contributed by atoms with E-state index in [4.69, 9.17) is 9.47 Å². The minimum Gasteiger partial charge on any atom is -0.340 e. The molecule has 6 nitrogen and oxygen atoms in total. The van der Waals surface area contributed by atoms with Gasteiger partial charge in [0.15, 0.2) is 5.78 Å². The topological polar surface area (TPSA) is 68.2 Å². The van der Waals surface area contributed by atoms with Crippen molar-refractivity contribution >= 4 is 17.5 Å². The Morgan fingerprint density at radius 2 is 1.88 bits per heavy atom. The zero-order chi connectivity index (χ0) is 16.6. The molecular weight excluding hydrogens is 308 g/mol. The molecule has 0 saturated carbocycles. The van der Waals surface area contributed by atoms with E-state index in [1.165, 1.54) is 6.08 Å². The van der Waals surface area contributed by atoms with Crippen LogP contribution >= 0.6 is 0 Å². The van der Waals surface area contributed by atoms with Crippen molar-refractivity contribution in [1.29, 1.82) is 0 Å². The van der Waals surface area contributed by atoms with Crippen molar-refractivity contribution < 1.29 is 19.1 Å². The number of likely N-dealkylation sites (tertiary alicyclic amines) is 1. The minimum absolute atomic E-state index is 0.0441. The summed E-state index contributed by atoms with van der Waals surface area (Å²) in [5, 5.41) is 0. The van der Waals surface area contributed by atoms with E-state index in [0.717, 1.165) is 5.56 Å². The van der Waals surface area contributed by atoms with Crippen LogP contribution in [0.3, 0.4) is 0 Å². The lowest BCUT2D eigenvalue weighted by Gasteiger charge is -2.24. The number of hydrogen-bond donors (Lipinski definition) is 0. The quantitative estimate of drug-likeness (QED) is 0.816. The molecule has 1 atom stereocenters. The van der Waals surface area contributed by atoms with E-state index >= 15 is 0 Å². The molecule has 1 spiro atoms. The van der Waals surface area contributed by atoms with Gasteiger partial charge in [0.2, 0.25) is 0 Å². The van der Waals surface area contributed by atoms with Gasteiger partial charge in [0.25, 0.3) is 11.7 Å². The van der Waals surface area contributed by atoms with Gasteiger partial charge < -0.3 is 9.47 Å². The number of amidine groups is 1. The number of benzene rings is 1. The van der Waals surface area contributed by atoms with Crippen LogP contribution in [0.1, 0.15) is 12.0 Å². The number of ketones is 1. The lowest BCUT2D eigenvalue weighted by molar-refractivity contribution is -0.178. The Bertz CT molecular complexity index is 720. The molecule has 6 heteroatoms. The number of aliphatic imine (C=N–C) groups is 1. The minimum atomic E-state index is -1.15. The van der Waals surface area contributed by atoms with Crippen LogP contribution in [0.15, 0.2) is 47.5 Å². The van der Waals surface area contributed by atoms with Crippen molar-refractivity contribution in [3.8, 4) is 0 Å². The lowest BCUT2D eigenvalue weighted by atomic mass is 10.0. The number of carbonyl (C=O) groups excluding carboxylic acids is 2. The van der Waals surface area contributed by atoms with Gasteiger partial charge >= 0.3 is 0 Å². The molecule has 1 unspecified atom stereocenters. The third-order valence-corrected chi connectivity index (χ3v) is 4.55. The van der Waals surface area contributed by atoms with Crippen LogP contribution in [0.5, 0.6) is 0 Å². The average Bonchev–Trinajstić information content (AvgIpc) is 3.20. The van der Waals surface area contributed by atoms with Crippen molar-refractivity contribution in [1.82, 2.24) is 4.90 Å². The summed E-state index contributed by atoms with van der Waals surface area (Å²) < 4.78 is 11.0. The number of hydrogen-bond acceptors (Lipinski definition) is 5. The van der Waals surface area contributed by atoms with Crippen LogP contribution in [0.25, 0.3) is 0 Å². The number of rotatable bonds is 2. The van der Waals surface area contributed by atoms with Crippen LogP contribution in [-0.2, 0) is 25.5 Å². The van der Waals surface area contributed by atoms with Crippen LogP contribution in [0.2, 0.25) is 0 Å². The van der Waals surface area contributed by atoms with Crippen LogP contribution in [0.4, 0.5) is 0 Å². The van der Waals surface area contributed by atoms with Crippen molar-refractivity contribution in [2.45, 2.75) is 24.7 Å². The maximum absolute atomic E-state index is 12.7. The molecule has 3 heterocycles. The largest absolute Gasteiger partial charge is 0.340 e. The molecule has 124 valence electrons. The highest BCUT2D eigenvalue weighted by Gasteiger charge is 2.53. The predicted molar refractivity (Wildman–Crippen MR) is 86.5 cm³/mol. The first-order valence-corrected chi connectivity index (χ1v) is 8.11. The van der Waals surface area contributed by atoms with Gasteiger partial charge in [-0.1, -0.05) is 30.3 Å². The Morgan fingerprint density at radius 1 is 1.12 bits per heavy atom. The third-order valence-electron chi connectivity index (χ3n) is 4.55. The molecule has 24 heavy (non-hydrogen) atoms. The van der Waals surface area contributed by atoms with E-state index in [1.807, 2.05) is 30.3 Å². The monoisotopic (exact) mass is 326 g/mol.